The summed E-state index contributed by atoms with van der Waals surface area (Å²) in [5, 5.41) is 1.49. The summed E-state index contributed by atoms with van der Waals surface area (Å²) in [4.78, 5) is 19.8. The van der Waals surface area contributed by atoms with E-state index < -0.39 is 5.92 Å². The van der Waals surface area contributed by atoms with E-state index in [1.165, 1.54) is 0 Å². The fourth-order valence-corrected chi connectivity index (χ4v) is 5.02. The van der Waals surface area contributed by atoms with Gasteiger partial charge in [-0.05, 0) is 37.1 Å². The van der Waals surface area contributed by atoms with Gasteiger partial charge >= 0.3 is 0 Å². The number of pyridine rings is 1. The van der Waals surface area contributed by atoms with Crippen molar-refractivity contribution in [1.82, 2.24) is 4.98 Å². The van der Waals surface area contributed by atoms with Gasteiger partial charge in [-0.2, -0.15) is 0 Å². The van der Waals surface area contributed by atoms with E-state index >= 15 is 0 Å². The molecular formula is C28H28F2N2O3. The van der Waals surface area contributed by atoms with Crippen molar-refractivity contribution >= 4 is 27.8 Å². The van der Waals surface area contributed by atoms with Crippen LogP contribution in [0, 0.1) is 13.8 Å². The molecule has 1 fully saturated rings. The quantitative estimate of drug-likeness (QED) is 0.342. The van der Waals surface area contributed by atoms with Crippen LogP contribution in [-0.4, -0.2) is 31.1 Å². The average Bonchev–Trinajstić information content (AvgIpc) is 2.85. The summed E-state index contributed by atoms with van der Waals surface area (Å²) in [6.07, 6.45) is -0.512. The Bertz CT molecular complexity index is 1490. The first-order chi connectivity index (χ1) is 16.7. The first-order valence-corrected chi connectivity index (χ1v) is 11.8. The van der Waals surface area contributed by atoms with Gasteiger partial charge in [0.25, 0.3) is 5.92 Å². The number of halogens is 2. The van der Waals surface area contributed by atoms with E-state index in [4.69, 9.17) is 9.15 Å². The van der Waals surface area contributed by atoms with Gasteiger partial charge in [-0.15, -0.1) is 0 Å². The van der Waals surface area contributed by atoms with Crippen molar-refractivity contribution in [3.63, 3.8) is 0 Å². The predicted octanol–water partition coefficient (Wildman–Crippen LogP) is 6.35. The maximum atomic E-state index is 13.8. The maximum absolute atomic E-state index is 13.8. The molecule has 0 saturated carbocycles. The van der Waals surface area contributed by atoms with Crippen LogP contribution in [0.5, 0.6) is 5.88 Å². The molecule has 0 radical (unpaired) electrons. The first kappa shape index (κ1) is 23.3. The lowest BCUT2D eigenvalue weighted by molar-refractivity contribution is -0.0225. The largest absolute Gasteiger partial charge is 0.481 e. The number of benzene rings is 2. The number of hydrogen-bond donors (Lipinski definition) is 0. The molecule has 1 atom stereocenters. The monoisotopic (exact) mass is 478 g/mol. The molecule has 2 aromatic heterocycles. The number of ether oxygens (including phenoxy) is 1. The molecule has 7 heteroatoms. The minimum atomic E-state index is -2.68. The van der Waals surface area contributed by atoms with Gasteiger partial charge in [0.2, 0.25) is 11.8 Å². The molecule has 0 aliphatic carbocycles. The topological polar surface area (TPSA) is 55.6 Å². The molecule has 0 N–H and O–H groups in total. The second-order valence-corrected chi connectivity index (χ2v) is 9.43. The van der Waals surface area contributed by atoms with Crippen molar-refractivity contribution in [3.05, 3.63) is 74.9 Å². The van der Waals surface area contributed by atoms with E-state index in [0.717, 1.165) is 27.6 Å². The van der Waals surface area contributed by atoms with Crippen LogP contribution in [0.3, 0.4) is 0 Å². The average molecular weight is 479 g/mol. The number of aryl methyl sites for hydroxylation is 1. The fraction of sp³-hybridized carbons (Fsp3) is 0.357. The molecule has 182 valence electrons. The zero-order chi connectivity index (χ0) is 24.9. The minimum Gasteiger partial charge on any atom is -0.481 e. The zero-order valence-corrected chi connectivity index (χ0v) is 20.3. The molecule has 1 unspecified atom stereocenters. The van der Waals surface area contributed by atoms with Gasteiger partial charge in [0.05, 0.1) is 23.6 Å². The van der Waals surface area contributed by atoms with Crippen LogP contribution >= 0.6 is 0 Å². The Hall–Kier alpha value is -3.48. The number of rotatable bonds is 4. The number of alkyl halides is 2. The smallest absolute Gasteiger partial charge is 0.251 e. The van der Waals surface area contributed by atoms with Gasteiger partial charge in [0, 0.05) is 48.9 Å². The zero-order valence-electron chi connectivity index (χ0n) is 20.3. The van der Waals surface area contributed by atoms with Crippen LogP contribution < -0.4 is 15.1 Å². The summed E-state index contributed by atoms with van der Waals surface area (Å²) in [6, 6.07) is 13.6. The van der Waals surface area contributed by atoms with Crippen LogP contribution in [-0.2, 0) is 0 Å². The maximum Gasteiger partial charge on any atom is 0.251 e. The van der Waals surface area contributed by atoms with Crippen molar-refractivity contribution in [3.8, 4) is 5.88 Å². The fourth-order valence-electron chi connectivity index (χ4n) is 5.02. The lowest BCUT2D eigenvalue weighted by atomic mass is 9.88. The van der Waals surface area contributed by atoms with Gasteiger partial charge in [-0.3, -0.25) is 4.79 Å². The molecule has 1 saturated heterocycles. The highest BCUT2D eigenvalue weighted by atomic mass is 19.3. The van der Waals surface area contributed by atoms with Crippen molar-refractivity contribution in [2.24, 2.45) is 0 Å². The van der Waals surface area contributed by atoms with E-state index in [1.54, 1.807) is 18.9 Å². The minimum absolute atomic E-state index is 0.132. The van der Waals surface area contributed by atoms with E-state index in [-0.39, 0.29) is 37.3 Å². The van der Waals surface area contributed by atoms with Gasteiger partial charge in [0.15, 0.2) is 5.43 Å². The number of para-hydroxylation sites is 1. The third kappa shape index (κ3) is 4.13. The number of methoxy groups -OCH3 is 1. The summed E-state index contributed by atoms with van der Waals surface area (Å²) in [6.45, 7) is 6.02. The van der Waals surface area contributed by atoms with Gasteiger partial charge in [-0.25, -0.2) is 13.8 Å². The molecule has 3 heterocycles. The Balaban J connectivity index is 1.71. The highest BCUT2D eigenvalue weighted by molar-refractivity contribution is 5.87. The summed E-state index contributed by atoms with van der Waals surface area (Å²) in [5.74, 6) is -1.94. The molecule has 1 aliphatic heterocycles. The summed E-state index contributed by atoms with van der Waals surface area (Å²) in [5.41, 5.74) is 4.43. The summed E-state index contributed by atoms with van der Waals surface area (Å²) >= 11 is 0. The highest BCUT2D eigenvalue weighted by Gasteiger charge is 2.35. The lowest BCUT2D eigenvalue weighted by Crippen LogP contribution is -2.40. The Labute approximate surface area is 202 Å². The molecule has 4 aromatic rings. The number of aromatic nitrogens is 1. The Morgan fingerprint density at radius 3 is 2.49 bits per heavy atom. The van der Waals surface area contributed by atoms with Crippen LogP contribution in [0.25, 0.3) is 21.9 Å². The van der Waals surface area contributed by atoms with Crippen LogP contribution in [0.15, 0.2) is 51.7 Å². The highest BCUT2D eigenvalue weighted by Crippen LogP contribution is 2.38. The Morgan fingerprint density at radius 2 is 1.77 bits per heavy atom. The van der Waals surface area contributed by atoms with Crippen LogP contribution in [0.2, 0.25) is 0 Å². The van der Waals surface area contributed by atoms with Crippen LogP contribution in [0.4, 0.5) is 14.7 Å². The SMILES string of the molecule is COc1cc(C(C)c2cc(C)cc3c(=O)c(C)c(N4CCC(F)(F)CC4)oc23)c2ccccc2n1. The van der Waals surface area contributed by atoms with E-state index in [2.05, 4.69) is 11.9 Å². The molecule has 0 bridgehead atoms. The summed E-state index contributed by atoms with van der Waals surface area (Å²) < 4.78 is 39.4. The van der Waals surface area contributed by atoms with Crippen molar-refractivity contribution in [2.75, 3.05) is 25.1 Å². The summed E-state index contributed by atoms with van der Waals surface area (Å²) in [7, 11) is 1.59. The molecule has 5 rings (SSSR count). The second kappa shape index (κ2) is 8.63. The van der Waals surface area contributed by atoms with E-state index in [0.29, 0.717) is 28.3 Å². The standard InChI is InChI=1S/C28H28F2N2O3/c1-16-13-21(17(2)20-15-24(34-4)31-23-8-6-5-7-19(20)23)26-22(14-16)25(33)18(3)27(35-26)32-11-9-28(29,30)10-12-32/h5-8,13-15,17H,9-12H2,1-4H3. The molecule has 5 nitrogen and oxygen atoms in total. The molecule has 0 spiro atoms. The molecular weight excluding hydrogens is 450 g/mol. The van der Waals surface area contributed by atoms with Gasteiger partial charge in [-0.1, -0.05) is 31.2 Å². The van der Waals surface area contributed by atoms with Crippen molar-refractivity contribution in [1.29, 1.82) is 0 Å². The van der Waals surface area contributed by atoms with Crippen LogP contribution in [0.1, 0.15) is 47.9 Å². The molecule has 1 aliphatic rings. The Kier molecular flexibility index (Phi) is 5.74. The van der Waals surface area contributed by atoms with E-state index in [9.17, 15) is 13.6 Å². The second-order valence-electron chi connectivity index (χ2n) is 9.43. The van der Waals surface area contributed by atoms with Crippen molar-refractivity contribution < 1.29 is 17.9 Å². The number of piperidine rings is 1. The normalized spacial score (nSPS) is 16.6. The number of nitrogens with zero attached hydrogens (tertiary/aromatic N) is 2. The van der Waals surface area contributed by atoms with Gasteiger partial charge in [0.1, 0.15) is 5.58 Å². The lowest BCUT2D eigenvalue weighted by Gasteiger charge is -2.33. The third-order valence-electron chi connectivity index (χ3n) is 7.02. The number of anilines is 1. The molecule has 0 amide bonds. The Morgan fingerprint density at radius 1 is 1.06 bits per heavy atom. The molecule has 35 heavy (non-hydrogen) atoms. The number of fused-ring (bicyclic) bond motifs is 2. The molecule has 2 aromatic carbocycles. The predicted molar refractivity (Wildman–Crippen MR) is 134 cm³/mol. The van der Waals surface area contributed by atoms with E-state index in [1.807, 2.05) is 49.4 Å². The van der Waals surface area contributed by atoms with Crippen molar-refractivity contribution in [2.45, 2.75) is 45.5 Å². The first-order valence-electron chi connectivity index (χ1n) is 11.8. The van der Waals surface area contributed by atoms with Gasteiger partial charge < -0.3 is 14.1 Å². The number of hydrogen-bond acceptors (Lipinski definition) is 5. The third-order valence-corrected chi connectivity index (χ3v) is 7.02.